The minimum absolute atomic E-state index is 0.0143. The molecule has 0 aliphatic rings. The number of aryl methyl sites for hydroxylation is 2. The second-order valence-electron chi connectivity index (χ2n) is 5.94. The van der Waals surface area contributed by atoms with E-state index in [9.17, 15) is 18.0 Å². The number of methoxy groups -OCH3 is 1. The van der Waals surface area contributed by atoms with Crippen molar-refractivity contribution in [2.24, 2.45) is 0 Å². The predicted octanol–water partition coefficient (Wildman–Crippen LogP) is 3.06. The van der Waals surface area contributed by atoms with Crippen LogP contribution in [0.25, 0.3) is 0 Å². The first-order valence-corrected chi connectivity index (χ1v) is 10.3. The molecule has 9 nitrogen and oxygen atoms in total. The van der Waals surface area contributed by atoms with Crippen molar-refractivity contribution >= 4 is 27.8 Å². The van der Waals surface area contributed by atoms with Gasteiger partial charge in [-0.05, 0) is 45.4 Å². The predicted molar refractivity (Wildman–Crippen MR) is 104 cm³/mol. The number of hydrogen-bond donors (Lipinski definition) is 1. The Morgan fingerprint density at radius 3 is 2.17 bits per heavy atom. The van der Waals surface area contributed by atoms with Crippen molar-refractivity contribution in [3.8, 4) is 5.75 Å². The van der Waals surface area contributed by atoms with Crippen LogP contribution in [0.5, 0.6) is 5.75 Å². The highest BCUT2D eigenvalue weighted by Gasteiger charge is 2.33. The van der Waals surface area contributed by atoms with Crippen LogP contribution >= 0.6 is 0 Å². The minimum atomic E-state index is -4.22. The third-order valence-electron chi connectivity index (χ3n) is 3.88. The van der Waals surface area contributed by atoms with Crippen LogP contribution in [-0.2, 0) is 19.5 Å². The maximum atomic E-state index is 13.0. The number of esters is 2. The van der Waals surface area contributed by atoms with Crippen LogP contribution in [0.15, 0.2) is 27.5 Å². The Balaban J connectivity index is 2.60. The average molecular weight is 425 g/mol. The van der Waals surface area contributed by atoms with E-state index in [-0.39, 0.29) is 40.7 Å². The van der Waals surface area contributed by atoms with Gasteiger partial charge in [-0.1, -0.05) is 6.07 Å². The molecular weight excluding hydrogens is 402 g/mol. The molecule has 0 unspecified atom stereocenters. The van der Waals surface area contributed by atoms with Crippen LogP contribution in [-0.4, -0.2) is 40.7 Å². The van der Waals surface area contributed by atoms with Gasteiger partial charge in [0.1, 0.15) is 27.5 Å². The van der Waals surface area contributed by atoms with Gasteiger partial charge in [0, 0.05) is 0 Å². The van der Waals surface area contributed by atoms with E-state index in [1.54, 1.807) is 26.8 Å². The molecule has 0 aliphatic heterocycles. The molecule has 1 heterocycles. The summed E-state index contributed by atoms with van der Waals surface area (Å²) in [5.41, 5.74) is 0.136. The molecule has 2 rings (SSSR count). The SMILES string of the molecule is CCOC(=O)c1c(C)oc(NS(=O)(=O)c2cc(C)ccc2OC)c1C(=O)OCC. The Bertz CT molecular complexity index is 1020. The van der Waals surface area contributed by atoms with Gasteiger partial charge in [-0.15, -0.1) is 0 Å². The summed E-state index contributed by atoms with van der Waals surface area (Å²) < 4.78 is 48.6. The van der Waals surface area contributed by atoms with Gasteiger partial charge < -0.3 is 18.6 Å². The van der Waals surface area contributed by atoms with Crippen molar-refractivity contribution in [3.63, 3.8) is 0 Å². The summed E-state index contributed by atoms with van der Waals surface area (Å²) in [5.74, 6) is -2.06. The first-order valence-electron chi connectivity index (χ1n) is 8.81. The monoisotopic (exact) mass is 425 g/mol. The first kappa shape index (κ1) is 22.3. The van der Waals surface area contributed by atoms with Gasteiger partial charge in [-0.2, -0.15) is 0 Å². The molecule has 1 N–H and O–H groups in total. The molecule has 0 saturated carbocycles. The number of ether oxygens (including phenoxy) is 3. The lowest BCUT2D eigenvalue weighted by Gasteiger charge is -2.12. The molecule has 0 bridgehead atoms. The first-order chi connectivity index (χ1) is 13.7. The Kier molecular flexibility index (Phi) is 6.91. The quantitative estimate of drug-likeness (QED) is 0.641. The Labute approximate surface area is 169 Å². The van der Waals surface area contributed by atoms with E-state index >= 15 is 0 Å². The third kappa shape index (κ3) is 4.70. The summed E-state index contributed by atoms with van der Waals surface area (Å²) in [6, 6.07) is 4.61. The van der Waals surface area contributed by atoms with Crippen molar-refractivity contribution in [1.82, 2.24) is 0 Å². The van der Waals surface area contributed by atoms with Crippen molar-refractivity contribution in [2.75, 3.05) is 25.0 Å². The van der Waals surface area contributed by atoms with Crippen LogP contribution in [0.4, 0.5) is 5.88 Å². The van der Waals surface area contributed by atoms with E-state index in [4.69, 9.17) is 18.6 Å². The number of anilines is 1. The zero-order valence-electron chi connectivity index (χ0n) is 16.8. The number of nitrogens with one attached hydrogen (secondary N) is 1. The summed E-state index contributed by atoms with van der Waals surface area (Å²) in [4.78, 5) is 24.6. The van der Waals surface area contributed by atoms with Gasteiger partial charge in [-0.25, -0.2) is 22.7 Å². The number of sulfonamides is 1. The number of hydrogen-bond acceptors (Lipinski definition) is 8. The Morgan fingerprint density at radius 1 is 1.03 bits per heavy atom. The average Bonchev–Trinajstić information content (AvgIpc) is 2.97. The third-order valence-corrected chi connectivity index (χ3v) is 5.23. The second kappa shape index (κ2) is 8.99. The summed E-state index contributed by atoms with van der Waals surface area (Å²) >= 11 is 0. The fourth-order valence-electron chi connectivity index (χ4n) is 2.63. The van der Waals surface area contributed by atoms with Crippen LogP contribution in [0.1, 0.15) is 45.9 Å². The molecule has 10 heteroatoms. The van der Waals surface area contributed by atoms with Gasteiger partial charge >= 0.3 is 11.9 Å². The van der Waals surface area contributed by atoms with E-state index in [1.807, 2.05) is 0 Å². The molecule has 0 radical (unpaired) electrons. The van der Waals surface area contributed by atoms with Gasteiger partial charge in [0.2, 0.25) is 5.88 Å². The van der Waals surface area contributed by atoms with Crippen LogP contribution < -0.4 is 9.46 Å². The van der Waals surface area contributed by atoms with Gasteiger partial charge in [-0.3, -0.25) is 0 Å². The molecule has 0 aliphatic carbocycles. The second-order valence-corrected chi connectivity index (χ2v) is 7.59. The van der Waals surface area contributed by atoms with Crippen molar-refractivity contribution in [2.45, 2.75) is 32.6 Å². The minimum Gasteiger partial charge on any atom is -0.495 e. The van der Waals surface area contributed by atoms with E-state index in [0.717, 1.165) is 0 Å². The smallest absolute Gasteiger partial charge is 0.344 e. The summed E-state index contributed by atoms with van der Waals surface area (Å²) in [6.45, 7) is 6.40. The molecule has 0 fully saturated rings. The molecule has 1 aromatic carbocycles. The fourth-order valence-corrected chi connectivity index (χ4v) is 3.89. The number of carbonyl (C=O) groups is 2. The number of carbonyl (C=O) groups excluding carboxylic acids is 2. The molecule has 1 aromatic heterocycles. The van der Waals surface area contributed by atoms with Crippen LogP contribution in [0, 0.1) is 13.8 Å². The van der Waals surface area contributed by atoms with E-state index < -0.39 is 27.8 Å². The van der Waals surface area contributed by atoms with Gasteiger partial charge in [0.05, 0.1) is 20.3 Å². The lowest BCUT2D eigenvalue weighted by atomic mass is 10.1. The van der Waals surface area contributed by atoms with Crippen molar-refractivity contribution < 1.29 is 36.6 Å². The molecule has 0 amide bonds. The largest absolute Gasteiger partial charge is 0.495 e. The topological polar surface area (TPSA) is 121 Å². The van der Waals surface area contributed by atoms with E-state index in [0.29, 0.717) is 5.56 Å². The molecule has 158 valence electrons. The fraction of sp³-hybridized carbons (Fsp3) is 0.368. The summed E-state index contributed by atoms with van der Waals surface area (Å²) in [7, 11) is -2.88. The lowest BCUT2D eigenvalue weighted by Crippen LogP contribution is -2.18. The molecule has 2 aromatic rings. The van der Waals surface area contributed by atoms with Gasteiger partial charge in [0.25, 0.3) is 10.0 Å². The zero-order valence-corrected chi connectivity index (χ0v) is 17.6. The zero-order chi connectivity index (χ0) is 21.8. The molecule has 0 spiro atoms. The highest BCUT2D eigenvalue weighted by atomic mass is 32.2. The van der Waals surface area contributed by atoms with Crippen LogP contribution in [0.2, 0.25) is 0 Å². The Hall–Kier alpha value is -3.01. The van der Waals surface area contributed by atoms with E-state index in [2.05, 4.69) is 4.72 Å². The summed E-state index contributed by atoms with van der Waals surface area (Å²) in [6.07, 6.45) is 0. The normalized spacial score (nSPS) is 11.1. The molecule has 29 heavy (non-hydrogen) atoms. The maximum absolute atomic E-state index is 13.0. The van der Waals surface area contributed by atoms with Gasteiger partial charge in [0.15, 0.2) is 0 Å². The highest BCUT2D eigenvalue weighted by Crippen LogP contribution is 2.32. The van der Waals surface area contributed by atoms with Crippen LogP contribution in [0.3, 0.4) is 0 Å². The molecule has 0 saturated heterocycles. The number of furan rings is 1. The molecular formula is C19H23NO8S. The van der Waals surface area contributed by atoms with Crippen molar-refractivity contribution in [3.05, 3.63) is 40.6 Å². The molecule has 0 atom stereocenters. The Morgan fingerprint density at radius 2 is 1.62 bits per heavy atom. The van der Waals surface area contributed by atoms with Crippen molar-refractivity contribution in [1.29, 1.82) is 0 Å². The number of benzene rings is 1. The number of rotatable bonds is 8. The maximum Gasteiger partial charge on any atom is 0.344 e. The highest BCUT2D eigenvalue weighted by molar-refractivity contribution is 7.92. The standard InChI is InChI=1S/C19H23NO8S/c1-6-26-18(21)15-12(4)28-17(16(15)19(22)27-7-2)20-29(23,24)14-10-11(3)8-9-13(14)25-5/h8-10,20H,6-7H2,1-5H3. The van der Waals surface area contributed by atoms with E-state index in [1.165, 1.54) is 26.2 Å². The lowest BCUT2D eigenvalue weighted by molar-refractivity contribution is 0.0480. The summed E-state index contributed by atoms with van der Waals surface area (Å²) in [5, 5.41) is 0.